The van der Waals surface area contributed by atoms with Crippen molar-refractivity contribution >= 4 is 5.97 Å². The fraction of sp³-hybridized carbons (Fsp3) is 0.345. The lowest BCUT2D eigenvalue weighted by molar-refractivity contribution is 0.0193. The van der Waals surface area contributed by atoms with E-state index in [-0.39, 0.29) is 17.0 Å². The van der Waals surface area contributed by atoms with Crippen molar-refractivity contribution in [3.8, 4) is 16.9 Å². The fourth-order valence-electron chi connectivity index (χ4n) is 4.77. The Balaban J connectivity index is 1.40. The van der Waals surface area contributed by atoms with E-state index in [2.05, 4.69) is 0 Å². The van der Waals surface area contributed by atoms with Crippen LogP contribution in [0.1, 0.15) is 79.0 Å². The van der Waals surface area contributed by atoms with E-state index in [1.165, 1.54) is 6.07 Å². The van der Waals surface area contributed by atoms with Gasteiger partial charge in [-0.1, -0.05) is 49.7 Å². The van der Waals surface area contributed by atoms with Gasteiger partial charge in [-0.25, -0.2) is 18.0 Å². The average molecular weight is 499 g/mol. The summed E-state index contributed by atoms with van der Waals surface area (Å²) >= 11 is 0. The summed E-state index contributed by atoms with van der Waals surface area (Å²) in [6.07, 6.45) is 2.47. The number of aliphatic hydroxyl groups excluding tert-OH is 1. The number of carbonyl (C=O) groups is 1. The number of phenols is 1. The summed E-state index contributed by atoms with van der Waals surface area (Å²) in [6, 6.07) is 13.3. The first-order chi connectivity index (χ1) is 17.3. The number of esters is 1. The molecule has 7 heteroatoms. The third-order valence-electron chi connectivity index (χ3n) is 6.85. The van der Waals surface area contributed by atoms with E-state index in [0.29, 0.717) is 43.2 Å². The zero-order valence-electron chi connectivity index (χ0n) is 20.0. The predicted molar refractivity (Wildman–Crippen MR) is 130 cm³/mol. The van der Waals surface area contributed by atoms with Gasteiger partial charge >= 0.3 is 5.97 Å². The minimum atomic E-state index is -0.905. The maximum absolute atomic E-state index is 15.1. The number of aliphatic hydroxyl groups is 1. The second-order valence-electron chi connectivity index (χ2n) is 9.30. The number of phenolic OH excluding ortho intramolecular Hbond substituents is 1. The van der Waals surface area contributed by atoms with E-state index in [9.17, 15) is 19.4 Å². The molecule has 0 amide bonds. The van der Waals surface area contributed by atoms with Crippen molar-refractivity contribution in [3.63, 3.8) is 0 Å². The molecule has 0 bridgehead atoms. The maximum atomic E-state index is 15.1. The third-order valence-corrected chi connectivity index (χ3v) is 6.85. The van der Waals surface area contributed by atoms with Gasteiger partial charge < -0.3 is 14.9 Å². The zero-order chi connectivity index (χ0) is 25.8. The maximum Gasteiger partial charge on any atom is 0.338 e. The molecule has 0 radical (unpaired) electrons. The Bertz CT molecular complexity index is 1220. The molecule has 0 saturated heterocycles. The van der Waals surface area contributed by atoms with Crippen LogP contribution in [0.25, 0.3) is 11.1 Å². The van der Waals surface area contributed by atoms with Crippen molar-refractivity contribution in [3.05, 3.63) is 88.7 Å². The molecule has 3 aromatic carbocycles. The number of carbonyl (C=O) groups excluding carboxylic acids is 1. The minimum Gasteiger partial charge on any atom is -0.505 e. The highest BCUT2D eigenvalue weighted by Gasteiger charge is 2.28. The minimum absolute atomic E-state index is 0.00373. The Kier molecular flexibility index (Phi) is 7.99. The van der Waals surface area contributed by atoms with Crippen LogP contribution in [0.2, 0.25) is 0 Å². The first kappa shape index (κ1) is 25.8. The summed E-state index contributed by atoms with van der Waals surface area (Å²) in [6.45, 7) is 1.98. The molecule has 0 aliphatic heterocycles. The Morgan fingerprint density at radius 3 is 2.31 bits per heavy atom. The highest BCUT2D eigenvalue weighted by Crippen LogP contribution is 2.38. The lowest BCUT2D eigenvalue weighted by atomic mass is 9.82. The molecule has 1 atom stereocenters. The van der Waals surface area contributed by atoms with E-state index in [0.717, 1.165) is 24.1 Å². The molecule has 0 heterocycles. The number of aromatic hydroxyl groups is 1. The van der Waals surface area contributed by atoms with Crippen LogP contribution in [-0.4, -0.2) is 22.3 Å². The van der Waals surface area contributed by atoms with Crippen molar-refractivity contribution in [2.45, 2.75) is 63.6 Å². The zero-order valence-corrected chi connectivity index (χ0v) is 20.0. The van der Waals surface area contributed by atoms with Crippen LogP contribution < -0.4 is 0 Å². The number of benzene rings is 3. The fourth-order valence-corrected chi connectivity index (χ4v) is 4.77. The van der Waals surface area contributed by atoms with E-state index in [1.807, 2.05) is 6.92 Å². The van der Waals surface area contributed by atoms with Crippen molar-refractivity contribution in [1.29, 1.82) is 0 Å². The largest absolute Gasteiger partial charge is 0.505 e. The van der Waals surface area contributed by atoms with Crippen LogP contribution in [0.3, 0.4) is 0 Å². The third kappa shape index (κ3) is 5.57. The Labute approximate surface area is 208 Å². The highest BCUT2D eigenvalue weighted by molar-refractivity contribution is 5.89. The summed E-state index contributed by atoms with van der Waals surface area (Å²) in [4.78, 5) is 12.3. The summed E-state index contributed by atoms with van der Waals surface area (Å²) in [5.74, 6) is -4.12. The van der Waals surface area contributed by atoms with Crippen LogP contribution in [0.15, 0.2) is 54.6 Å². The van der Waals surface area contributed by atoms with Gasteiger partial charge in [-0.3, -0.25) is 0 Å². The van der Waals surface area contributed by atoms with Crippen LogP contribution >= 0.6 is 0 Å². The average Bonchev–Trinajstić information content (AvgIpc) is 2.88. The van der Waals surface area contributed by atoms with Crippen molar-refractivity contribution < 1.29 is 32.9 Å². The summed E-state index contributed by atoms with van der Waals surface area (Å²) in [7, 11) is 0. The van der Waals surface area contributed by atoms with Gasteiger partial charge in [-0.15, -0.1) is 0 Å². The standard InChI is InChI=1S/C29H29F3O4/c1-2-3-25(33)19-6-4-17(5-7-19)22-13-14-23(28(32)27(22)31)18-8-11-21(12-9-18)36-29(35)20-10-15-26(34)24(30)16-20/h4-7,10,13-16,18,21,25,33-34H,2-3,8-9,11-12H2,1H3. The molecule has 4 rings (SSSR count). The van der Waals surface area contributed by atoms with Crippen molar-refractivity contribution in [2.24, 2.45) is 0 Å². The lowest BCUT2D eigenvalue weighted by Crippen LogP contribution is -2.24. The van der Waals surface area contributed by atoms with Crippen LogP contribution in [0, 0.1) is 17.5 Å². The molecule has 1 fully saturated rings. The molecule has 1 aliphatic rings. The molecule has 1 unspecified atom stereocenters. The number of rotatable bonds is 7. The molecule has 0 aromatic heterocycles. The van der Waals surface area contributed by atoms with Gasteiger partial charge in [-0.05, 0) is 72.9 Å². The van der Waals surface area contributed by atoms with E-state index in [4.69, 9.17) is 4.74 Å². The first-order valence-corrected chi connectivity index (χ1v) is 12.2. The number of hydrogen-bond donors (Lipinski definition) is 2. The van der Waals surface area contributed by atoms with E-state index in [1.54, 1.807) is 36.4 Å². The van der Waals surface area contributed by atoms with Gasteiger partial charge in [0, 0.05) is 5.56 Å². The van der Waals surface area contributed by atoms with Gasteiger partial charge in [-0.2, -0.15) is 0 Å². The first-order valence-electron chi connectivity index (χ1n) is 12.2. The topological polar surface area (TPSA) is 66.8 Å². The number of hydrogen-bond acceptors (Lipinski definition) is 4. The normalized spacial score (nSPS) is 18.6. The van der Waals surface area contributed by atoms with Crippen molar-refractivity contribution in [1.82, 2.24) is 0 Å². The van der Waals surface area contributed by atoms with Gasteiger partial charge in [0.1, 0.15) is 6.10 Å². The molecular formula is C29H29F3O4. The predicted octanol–water partition coefficient (Wildman–Crippen LogP) is 7.19. The van der Waals surface area contributed by atoms with Crippen molar-refractivity contribution in [2.75, 3.05) is 0 Å². The van der Waals surface area contributed by atoms with Gasteiger partial charge in [0.25, 0.3) is 0 Å². The summed E-state index contributed by atoms with van der Waals surface area (Å²) in [5, 5.41) is 19.4. The van der Waals surface area contributed by atoms with Crippen LogP contribution in [0.5, 0.6) is 5.75 Å². The van der Waals surface area contributed by atoms with E-state index < -0.39 is 41.4 Å². The highest BCUT2D eigenvalue weighted by atomic mass is 19.2. The molecule has 4 nitrogen and oxygen atoms in total. The SMILES string of the molecule is CCCC(O)c1ccc(-c2ccc(C3CCC(OC(=O)c4ccc(O)c(F)c4)CC3)c(F)c2F)cc1. The smallest absolute Gasteiger partial charge is 0.338 e. The molecular weight excluding hydrogens is 469 g/mol. The second-order valence-corrected chi connectivity index (χ2v) is 9.30. The molecule has 190 valence electrons. The molecule has 1 saturated carbocycles. The Morgan fingerprint density at radius 1 is 0.972 bits per heavy atom. The van der Waals surface area contributed by atoms with Crippen LogP contribution in [0.4, 0.5) is 13.2 Å². The Hall–Kier alpha value is -3.32. The van der Waals surface area contributed by atoms with Gasteiger partial charge in [0.05, 0.1) is 11.7 Å². The van der Waals surface area contributed by atoms with Crippen LogP contribution in [-0.2, 0) is 4.74 Å². The lowest BCUT2D eigenvalue weighted by Gasteiger charge is -2.29. The molecule has 1 aliphatic carbocycles. The summed E-state index contributed by atoms with van der Waals surface area (Å²) < 4.78 is 49.1. The quantitative estimate of drug-likeness (QED) is 0.338. The number of halogens is 3. The number of ether oxygens (including phenoxy) is 1. The Morgan fingerprint density at radius 2 is 1.67 bits per heavy atom. The monoisotopic (exact) mass is 498 g/mol. The molecule has 0 spiro atoms. The van der Waals surface area contributed by atoms with Gasteiger partial charge in [0.2, 0.25) is 0 Å². The molecule has 36 heavy (non-hydrogen) atoms. The molecule has 2 N–H and O–H groups in total. The van der Waals surface area contributed by atoms with Gasteiger partial charge in [0.15, 0.2) is 23.2 Å². The second kappa shape index (κ2) is 11.2. The summed E-state index contributed by atoms with van der Waals surface area (Å²) in [5.41, 5.74) is 1.75. The molecule has 3 aromatic rings. The van der Waals surface area contributed by atoms with E-state index >= 15 is 8.78 Å².